The SMILES string of the molecule is CC(C)n1c(Br)cnc1CN1CCCCC1. The normalized spacial score (nSPS) is 18.2. The molecule has 3 nitrogen and oxygen atoms in total. The Morgan fingerprint density at radius 3 is 2.62 bits per heavy atom. The van der Waals surface area contributed by atoms with Gasteiger partial charge in [-0.25, -0.2) is 4.98 Å². The highest BCUT2D eigenvalue weighted by atomic mass is 79.9. The number of piperidine rings is 1. The highest BCUT2D eigenvalue weighted by molar-refractivity contribution is 9.10. The van der Waals surface area contributed by atoms with E-state index in [1.807, 2.05) is 6.20 Å². The molecule has 90 valence electrons. The number of imidazole rings is 1. The van der Waals surface area contributed by atoms with E-state index in [4.69, 9.17) is 0 Å². The lowest BCUT2D eigenvalue weighted by Gasteiger charge is -2.26. The van der Waals surface area contributed by atoms with Crippen LogP contribution in [0, 0.1) is 0 Å². The molecule has 0 unspecified atom stereocenters. The van der Waals surface area contributed by atoms with Crippen LogP contribution in [-0.4, -0.2) is 27.5 Å². The van der Waals surface area contributed by atoms with Crippen LogP contribution in [0.3, 0.4) is 0 Å². The molecular formula is C12H20BrN3. The maximum atomic E-state index is 4.51. The molecule has 16 heavy (non-hydrogen) atoms. The van der Waals surface area contributed by atoms with Crippen molar-refractivity contribution in [3.05, 3.63) is 16.6 Å². The van der Waals surface area contributed by atoms with Crippen molar-refractivity contribution in [2.45, 2.75) is 45.7 Å². The fraction of sp³-hybridized carbons (Fsp3) is 0.750. The Kier molecular flexibility index (Phi) is 4.03. The summed E-state index contributed by atoms with van der Waals surface area (Å²) in [6.45, 7) is 7.84. The summed E-state index contributed by atoms with van der Waals surface area (Å²) in [4.78, 5) is 7.02. The Balaban J connectivity index is 2.08. The second kappa shape index (κ2) is 5.32. The first-order valence-corrected chi connectivity index (χ1v) is 6.91. The van der Waals surface area contributed by atoms with Crippen molar-refractivity contribution in [1.82, 2.24) is 14.5 Å². The van der Waals surface area contributed by atoms with Gasteiger partial charge in [-0.05, 0) is 55.7 Å². The average Bonchev–Trinajstić information content (AvgIpc) is 2.61. The molecule has 0 spiro atoms. The smallest absolute Gasteiger partial charge is 0.124 e. The van der Waals surface area contributed by atoms with Crippen LogP contribution in [0.4, 0.5) is 0 Å². The van der Waals surface area contributed by atoms with Gasteiger partial charge in [0.2, 0.25) is 0 Å². The molecule has 2 rings (SSSR count). The standard InChI is InChI=1S/C12H20BrN3/c1-10(2)16-11(13)8-14-12(16)9-15-6-4-3-5-7-15/h8,10H,3-7,9H2,1-2H3. The predicted molar refractivity (Wildman–Crippen MR) is 69.4 cm³/mol. The zero-order valence-electron chi connectivity index (χ0n) is 10.1. The summed E-state index contributed by atoms with van der Waals surface area (Å²) in [5.41, 5.74) is 0. The molecule has 0 aromatic carbocycles. The molecule has 0 radical (unpaired) electrons. The van der Waals surface area contributed by atoms with Crippen molar-refractivity contribution < 1.29 is 0 Å². The van der Waals surface area contributed by atoms with Gasteiger partial charge in [0, 0.05) is 6.04 Å². The Morgan fingerprint density at radius 1 is 1.31 bits per heavy atom. The van der Waals surface area contributed by atoms with Gasteiger partial charge in [0.1, 0.15) is 10.4 Å². The van der Waals surface area contributed by atoms with Crippen LogP contribution in [0.2, 0.25) is 0 Å². The van der Waals surface area contributed by atoms with Crippen LogP contribution < -0.4 is 0 Å². The first kappa shape index (κ1) is 12.1. The fourth-order valence-corrected chi connectivity index (χ4v) is 3.07. The van der Waals surface area contributed by atoms with E-state index in [1.54, 1.807) is 0 Å². The molecule has 1 aromatic heterocycles. The van der Waals surface area contributed by atoms with E-state index in [0.29, 0.717) is 6.04 Å². The van der Waals surface area contributed by atoms with Gasteiger partial charge in [0.15, 0.2) is 0 Å². The summed E-state index contributed by atoms with van der Waals surface area (Å²) in [6.07, 6.45) is 5.98. The topological polar surface area (TPSA) is 21.1 Å². The van der Waals surface area contributed by atoms with Gasteiger partial charge >= 0.3 is 0 Å². The highest BCUT2D eigenvalue weighted by Crippen LogP contribution is 2.21. The lowest BCUT2D eigenvalue weighted by molar-refractivity contribution is 0.212. The van der Waals surface area contributed by atoms with Gasteiger partial charge in [0.05, 0.1) is 12.7 Å². The number of aromatic nitrogens is 2. The first-order valence-electron chi connectivity index (χ1n) is 6.12. The third-order valence-electron chi connectivity index (χ3n) is 3.16. The Labute approximate surface area is 106 Å². The van der Waals surface area contributed by atoms with Crippen molar-refractivity contribution >= 4 is 15.9 Å². The zero-order chi connectivity index (χ0) is 11.5. The molecule has 0 bridgehead atoms. The third kappa shape index (κ3) is 2.66. The van der Waals surface area contributed by atoms with Crippen LogP contribution in [0.5, 0.6) is 0 Å². The van der Waals surface area contributed by atoms with E-state index in [0.717, 1.165) is 11.1 Å². The van der Waals surface area contributed by atoms with E-state index < -0.39 is 0 Å². The molecule has 0 aliphatic carbocycles. The van der Waals surface area contributed by atoms with Gasteiger partial charge in [-0.1, -0.05) is 6.42 Å². The molecule has 1 saturated heterocycles. The summed E-state index contributed by atoms with van der Waals surface area (Å²) < 4.78 is 3.36. The van der Waals surface area contributed by atoms with Crippen molar-refractivity contribution in [2.24, 2.45) is 0 Å². The van der Waals surface area contributed by atoms with Gasteiger partial charge in [-0.2, -0.15) is 0 Å². The number of nitrogens with zero attached hydrogens (tertiary/aromatic N) is 3. The molecule has 1 aliphatic rings. The molecule has 2 heterocycles. The Hall–Kier alpha value is -0.350. The highest BCUT2D eigenvalue weighted by Gasteiger charge is 2.16. The predicted octanol–water partition coefficient (Wildman–Crippen LogP) is 3.21. The monoisotopic (exact) mass is 285 g/mol. The van der Waals surface area contributed by atoms with Crippen LogP contribution in [-0.2, 0) is 6.54 Å². The van der Waals surface area contributed by atoms with Gasteiger partial charge < -0.3 is 4.57 Å². The maximum Gasteiger partial charge on any atom is 0.124 e. The molecule has 4 heteroatoms. The molecule has 0 amide bonds. The van der Waals surface area contributed by atoms with Crippen LogP contribution in [0.25, 0.3) is 0 Å². The maximum absolute atomic E-state index is 4.51. The van der Waals surface area contributed by atoms with Gasteiger partial charge in [0.25, 0.3) is 0 Å². The first-order chi connectivity index (χ1) is 7.68. The number of likely N-dealkylation sites (tertiary alicyclic amines) is 1. The van der Waals surface area contributed by atoms with Gasteiger partial charge in [-0.15, -0.1) is 0 Å². The van der Waals surface area contributed by atoms with Crippen molar-refractivity contribution in [3.63, 3.8) is 0 Å². The average molecular weight is 286 g/mol. The van der Waals surface area contributed by atoms with Crippen molar-refractivity contribution in [1.29, 1.82) is 0 Å². The Bertz CT molecular complexity index is 340. The third-order valence-corrected chi connectivity index (χ3v) is 3.75. The summed E-state index contributed by atoms with van der Waals surface area (Å²) in [5, 5.41) is 0. The lowest BCUT2D eigenvalue weighted by atomic mass is 10.1. The summed E-state index contributed by atoms with van der Waals surface area (Å²) in [6, 6.07) is 0.469. The minimum Gasteiger partial charge on any atom is -0.319 e. The second-order valence-electron chi connectivity index (χ2n) is 4.80. The number of rotatable bonds is 3. The number of hydrogen-bond donors (Lipinski definition) is 0. The quantitative estimate of drug-likeness (QED) is 0.850. The van der Waals surface area contributed by atoms with Crippen LogP contribution in [0.1, 0.15) is 45.0 Å². The lowest BCUT2D eigenvalue weighted by Crippen LogP contribution is -2.30. The van der Waals surface area contributed by atoms with Crippen molar-refractivity contribution in [2.75, 3.05) is 13.1 Å². The van der Waals surface area contributed by atoms with E-state index >= 15 is 0 Å². The second-order valence-corrected chi connectivity index (χ2v) is 5.61. The summed E-state index contributed by atoms with van der Waals surface area (Å²) in [7, 11) is 0. The number of hydrogen-bond acceptors (Lipinski definition) is 2. The molecule has 0 saturated carbocycles. The molecule has 1 fully saturated rings. The van der Waals surface area contributed by atoms with E-state index in [2.05, 4.69) is 44.2 Å². The van der Waals surface area contributed by atoms with E-state index in [9.17, 15) is 0 Å². The minimum absolute atomic E-state index is 0.469. The molecular weight excluding hydrogens is 266 g/mol. The minimum atomic E-state index is 0.469. The van der Waals surface area contributed by atoms with Crippen LogP contribution in [0.15, 0.2) is 10.8 Å². The van der Waals surface area contributed by atoms with Gasteiger partial charge in [-0.3, -0.25) is 4.90 Å². The largest absolute Gasteiger partial charge is 0.319 e. The van der Waals surface area contributed by atoms with Crippen LogP contribution >= 0.6 is 15.9 Å². The summed E-state index contributed by atoms with van der Waals surface area (Å²) in [5.74, 6) is 1.18. The summed E-state index contributed by atoms with van der Waals surface area (Å²) >= 11 is 3.56. The van der Waals surface area contributed by atoms with E-state index in [-0.39, 0.29) is 0 Å². The molecule has 1 aliphatic heterocycles. The molecule has 0 atom stereocenters. The molecule has 0 N–H and O–H groups in total. The van der Waals surface area contributed by atoms with Crippen molar-refractivity contribution in [3.8, 4) is 0 Å². The Morgan fingerprint density at radius 2 is 2.00 bits per heavy atom. The molecule has 1 aromatic rings. The number of halogens is 1. The fourth-order valence-electron chi connectivity index (χ4n) is 2.35. The van der Waals surface area contributed by atoms with E-state index in [1.165, 1.54) is 38.2 Å². The zero-order valence-corrected chi connectivity index (χ0v) is 11.7.